The van der Waals surface area contributed by atoms with Gasteiger partial charge in [0, 0.05) is 38.4 Å². The Kier molecular flexibility index (Phi) is 5.11. The molecule has 1 atom stereocenters. The van der Waals surface area contributed by atoms with Crippen molar-refractivity contribution < 1.29 is 4.79 Å². The first-order valence-corrected chi connectivity index (χ1v) is 8.40. The van der Waals surface area contributed by atoms with Crippen LogP contribution in [0.2, 0.25) is 0 Å². The highest BCUT2D eigenvalue weighted by Crippen LogP contribution is 2.15. The zero-order valence-electron chi connectivity index (χ0n) is 13.9. The van der Waals surface area contributed by atoms with Gasteiger partial charge in [-0.3, -0.25) is 14.5 Å². The Hall–Kier alpha value is -2.40. The monoisotopic (exact) mass is 325 g/mol. The maximum absolute atomic E-state index is 12.7. The van der Waals surface area contributed by atoms with Crippen molar-refractivity contribution in [1.29, 1.82) is 0 Å². The lowest BCUT2D eigenvalue weighted by Gasteiger charge is -2.29. The number of hydrogen-bond donors (Lipinski definition) is 1. The SMILES string of the molecule is CC1CN(Cc2ccccc2)CCCN1C(=O)c1ccc[nH]c1=O. The maximum Gasteiger partial charge on any atom is 0.260 e. The summed E-state index contributed by atoms with van der Waals surface area (Å²) in [6.07, 6.45) is 2.46. The van der Waals surface area contributed by atoms with E-state index in [0.717, 1.165) is 26.1 Å². The van der Waals surface area contributed by atoms with Crippen LogP contribution < -0.4 is 5.56 Å². The highest BCUT2D eigenvalue weighted by Gasteiger charge is 2.27. The Morgan fingerprint density at radius 1 is 1.17 bits per heavy atom. The van der Waals surface area contributed by atoms with Crippen LogP contribution >= 0.6 is 0 Å². The Morgan fingerprint density at radius 3 is 2.71 bits per heavy atom. The molecule has 0 saturated carbocycles. The molecule has 1 unspecified atom stereocenters. The van der Waals surface area contributed by atoms with Gasteiger partial charge in [-0.05, 0) is 31.0 Å². The standard InChI is InChI=1S/C19H23N3O2/c1-15-13-21(14-16-7-3-2-4-8-16)11-6-12-22(15)19(24)17-9-5-10-20-18(17)23/h2-5,7-10,15H,6,11-14H2,1H3,(H,20,23). The van der Waals surface area contributed by atoms with Crippen LogP contribution in [0.25, 0.3) is 0 Å². The minimum Gasteiger partial charge on any atom is -0.334 e. The molecule has 24 heavy (non-hydrogen) atoms. The van der Waals surface area contributed by atoms with Gasteiger partial charge in [-0.2, -0.15) is 0 Å². The number of amides is 1. The van der Waals surface area contributed by atoms with Crippen LogP contribution in [0.15, 0.2) is 53.5 Å². The largest absolute Gasteiger partial charge is 0.334 e. The highest BCUT2D eigenvalue weighted by molar-refractivity contribution is 5.94. The summed E-state index contributed by atoms with van der Waals surface area (Å²) < 4.78 is 0. The van der Waals surface area contributed by atoms with Gasteiger partial charge in [0.2, 0.25) is 0 Å². The number of carbonyl (C=O) groups excluding carboxylic acids is 1. The average molecular weight is 325 g/mol. The van der Waals surface area contributed by atoms with Crippen LogP contribution in [0, 0.1) is 0 Å². The zero-order valence-corrected chi connectivity index (χ0v) is 13.9. The van der Waals surface area contributed by atoms with E-state index in [1.54, 1.807) is 18.3 Å². The van der Waals surface area contributed by atoms with Gasteiger partial charge in [0.15, 0.2) is 0 Å². The Labute approximate surface area is 141 Å². The average Bonchev–Trinajstić information content (AvgIpc) is 2.77. The normalized spacial score (nSPS) is 19.0. The van der Waals surface area contributed by atoms with E-state index in [1.807, 2.05) is 23.1 Å². The molecule has 2 aromatic rings. The fourth-order valence-corrected chi connectivity index (χ4v) is 3.28. The van der Waals surface area contributed by atoms with E-state index in [-0.39, 0.29) is 23.1 Å². The fraction of sp³-hybridized carbons (Fsp3) is 0.368. The van der Waals surface area contributed by atoms with Crippen LogP contribution in [0.3, 0.4) is 0 Å². The van der Waals surface area contributed by atoms with Crippen molar-refractivity contribution in [3.63, 3.8) is 0 Å². The van der Waals surface area contributed by atoms with Crippen LogP contribution in [0.1, 0.15) is 29.3 Å². The summed E-state index contributed by atoms with van der Waals surface area (Å²) in [5.41, 5.74) is 1.19. The first kappa shape index (κ1) is 16.5. The number of benzene rings is 1. The lowest BCUT2D eigenvalue weighted by molar-refractivity contribution is 0.0689. The number of aromatic amines is 1. The number of H-pyrrole nitrogens is 1. The molecule has 5 nitrogen and oxygen atoms in total. The van der Waals surface area contributed by atoms with Gasteiger partial charge >= 0.3 is 0 Å². The molecule has 1 fully saturated rings. The van der Waals surface area contributed by atoms with E-state index < -0.39 is 0 Å². The topological polar surface area (TPSA) is 56.4 Å². The first-order valence-electron chi connectivity index (χ1n) is 8.40. The van der Waals surface area contributed by atoms with E-state index in [4.69, 9.17) is 0 Å². The number of carbonyl (C=O) groups is 1. The lowest BCUT2D eigenvalue weighted by atomic mass is 10.2. The molecule has 0 radical (unpaired) electrons. The van der Waals surface area contributed by atoms with Crippen molar-refractivity contribution in [2.75, 3.05) is 19.6 Å². The van der Waals surface area contributed by atoms with E-state index >= 15 is 0 Å². The van der Waals surface area contributed by atoms with Crippen LogP contribution in [0.4, 0.5) is 0 Å². The lowest BCUT2D eigenvalue weighted by Crippen LogP contribution is -2.44. The molecule has 0 bridgehead atoms. The zero-order chi connectivity index (χ0) is 16.9. The van der Waals surface area contributed by atoms with Gasteiger partial charge in [-0.1, -0.05) is 30.3 Å². The molecular formula is C19H23N3O2. The summed E-state index contributed by atoms with van der Waals surface area (Å²) in [7, 11) is 0. The van der Waals surface area contributed by atoms with E-state index in [0.29, 0.717) is 6.54 Å². The van der Waals surface area contributed by atoms with Gasteiger partial charge in [-0.15, -0.1) is 0 Å². The quantitative estimate of drug-likeness (QED) is 0.940. The van der Waals surface area contributed by atoms with Gasteiger partial charge in [-0.25, -0.2) is 0 Å². The minimum atomic E-state index is -0.319. The molecule has 1 N–H and O–H groups in total. The first-order chi connectivity index (χ1) is 11.6. The second kappa shape index (κ2) is 7.45. The Morgan fingerprint density at radius 2 is 1.96 bits per heavy atom. The maximum atomic E-state index is 12.7. The van der Waals surface area contributed by atoms with Gasteiger partial charge in [0.05, 0.1) is 0 Å². The predicted molar refractivity (Wildman–Crippen MR) is 93.9 cm³/mol. The smallest absolute Gasteiger partial charge is 0.260 e. The number of nitrogens with zero attached hydrogens (tertiary/aromatic N) is 2. The van der Waals surface area contributed by atoms with Crippen molar-refractivity contribution in [1.82, 2.24) is 14.8 Å². The van der Waals surface area contributed by atoms with Crippen molar-refractivity contribution >= 4 is 5.91 Å². The van der Waals surface area contributed by atoms with Crippen molar-refractivity contribution in [2.45, 2.75) is 25.9 Å². The van der Waals surface area contributed by atoms with Crippen molar-refractivity contribution in [3.8, 4) is 0 Å². The molecule has 0 aliphatic carbocycles. The molecule has 1 aliphatic heterocycles. The molecule has 1 amide bonds. The van der Waals surface area contributed by atoms with Gasteiger partial charge < -0.3 is 9.88 Å². The number of rotatable bonds is 3. The predicted octanol–water partition coefficient (Wildman–Crippen LogP) is 2.11. The molecule has 2 heterocycles. The summed E-state index contributed by atoms with van der Waals surface area (Å²) >= 11 is 0. The second-order valence-corrected chi connectivity index (χ2v) is 6.33. The number of pyridine rings is 1. The fourth-order valence-electron chi connectivity index (χ4n) is 3.28. The van der Waals surface area contributed by atoms with E-state index in [1.165, 1.54) is 5.56 Å². The third kappa shape index (κ3) is 3.74. The van der Waals surface area contributed by atoms with Crippen molar-refractivity contribution in [3.05, 3.63) is 70.1 Å². The van der Waals surface area contributed by atoms with Crippen LogP contribution in [-0.4, -0.2) is 46.4 Å². The van der Waals surface area contributed by atoms with Gasteiger partial charge in [0.25, 0.3) is 11.5 Å². The molecule has 3 rings (SSSR count). The molecule has 1 saturated heterocycles. The third-order valence-corrected chi connectivity index (χ3v) is 4.49. The van der Waals surface area contributed by atoms with Crippen LogP contribution in [0.5, 0.6) is 0 Å². The van der Waals surface area contributed by atoms with Gasteiger partial charge in [0.1, 0.15) is 5.56 Å². The third-order valence-electron chi connectivity index (χ3n) is 4.49. The molecule has 0 spiro atoms. The molecule has 1 aromatic heterocycles. The summed E-state index contributed by atoms with van der Waals surface area (Å²) in [5, 5.41) is 0. The molecular weight excluding hydrogens is 302 g/mol. The highest BCUT2D eigenvalue weighted by atomic mass is 16.2. The van der Waals surface area contributed by atoms with E-state index in [9.17, 15) is 9.59 Å². The number of nitrogens with one attached hydrogen (secondary N) is 1. The summed E-state index contributed by atoms with van der Waals surface area (Å²) in [4.78, 5) is 31.4. The van der Waals surface area contributed by atoms with Crippen LogP contribution in [-0.2, 0) is 6.54 Å². The molecule has 1 aromatic carbocycles. The summed E-state index contributed by atoms with van der Waals surface area (Å²) in [6, 6.07) is 13.7. The molecule has 1 aliphatic rings. The number of hydrogen-bond acceptors (Lipinski definition) is 3. The second-order valence-electron chi connectivity index (χ2n) is 6.33. The molecule has 5 heteroatoms. The summed E-state index contributed by atoms with van der Waals surface area (Å²) in [5.74, 6) is -0.175. The van der Waals surface area contributed by atoms with E-state index in [2.05, 4.69) is 28.9 Å². The Balaban J connectivity index is 1.70. The van der Waals surface area contributed by atoms with Crippen molar-refractivity contribution in [2.24, 2.45) is 0 Å². The molecule has 126 valence electrons. The minimum absolute atomic E-state index is 0.0725. The Bertz CT molecular complexity index is 742. The summed E-state index contributed by atoms with van der Waals surface area (Å²) in [6.45, 7) is 5.39. The number of aromatic nitrogens is 1.